The summed E-state index contributed by atoms with van der Waals surface area (Å²) in [6.45, 7) is 6.54. The van der Waals surface area contributed by atoms with E-state index in [2.05, 4.69) is 17.4 Å². The number of aryl methyl sites for hydroxylation is 1. The molecule has 5 nitrogen and oxygen atoms in total. The van der Waals surface area contributed by atoms with Gasteiger partial charge in [-0.15, -0.1) is 0 Å². The van der Waals surface area contributed by atoms with E-state index in [1.165, 1.54) is 0 Å². The standard InChI is InChI=1S/C13H23N3O2/c1-4-11(7-8-14)5-6-12(17)15-13-9(2)10(3)16-18-13/h11H,4-8,14H2,1-3H3,(H,15,17). The Balaban J connectivity index is 2.40. The lowest BCUT2D eigenvalue weighted by molar-refractivity contribution is -0.116. The van der Waals surface area contributed by atoms with Crippen molar-refractivity contribution in [2.24, 2.45) is 11.7 Å². The van der Waals surface area contributed by atoms with Gasteiger partial charge in [0.15, 0.2) is 0 Å². The second-order valence-corrected chi connectivity index (χ2v) is 4.66. The summed E-state index contributed by atoms with van der Waals surface area (Å²) < 4.78 is 5.04. The molecule has 0 spiro atoms. The molecule has 18 heavy (non-hydrogen) atoms. The summed E-state index contributed by atoms with van der Waals surface area (Å²) in [5.41, 5.74) is 7.23. The van der Waals surface area contributed by atoms with Gasteiger partial charge < -0.3 is 10.3 Å². The highest BCUT2D eigenvalue weighted by Gasteiger charge is 2.13. The number of anilines is 1. The van der Waals surface area contributed by atoms with Gasteiger partial charge in [-0.05, 0) is 39.2 Å². The van der Waals surface area contributed by atoms with Gasteiger partial charge in [0.05, 0.1) is 5.69 Å². The minimum Gasteiger partial charge on any atom is -0.338 e. The molecule has 3 N–H and O–H groups in total. The van der Waals surface area contributed by atoms with Crippen LogP contribution in [0.1, 0.15) is 43.9 Å². The van der Waals surface area contributed by atoms with Crippen molar-refractivity contribution in [3.8, 4) is 0 Å². The summed E-state index contributed by atoms with van der Waals surface area (Å²) in [6, 6.07) is 0. The van der Waals surface area contributed by atoms with Gasteiger partial charge in [0, 0.05) is 12.0 Å². The van der Waals surface area contributed by atoms with Gasteiger partial charge >= 0.3 is 0 Å². The fraction of sp³-hybridized carbons (Fsp3) is 0.692. The van der Waals surface area contributed by atoms with Crippen LogP contribution in [0.5, 0.6) is 0 Å². The highest BCUT2D eigenvalue weighted by Crippen LogP contribution is 2.19. The van der Waals surface area contributed by atoms with E-state index in [1.807, 2.05) is 13.8 Å². The molecule has 1 amide bonds. The Hall–Kier alpha value is -1.36. The summed E-state index contributed by atoms with van der Waals surface area (Å²) in [7, 11) is 0. The zero-order chi connectivity index (χ0) is 13.5. The predicted octanol–water partition coefficient (Wildman–Crippen LogP) is 2.39. The highest BCUT2D eigenvalue weighted by molar-refractivity contribution is 5.89. The first-order valence-corrected chi connectivity index (χ1v) is 6.51. The molecule has 0 aromatic carbocycles. The third-order valence-corrected chi connectivity index (χ3v) is 3.34. The van der Waals surface area contributed by atoms with E-state index in [4.69, 9.17) is 10.3 Å². The van der Waals surface area contributed by atoms with Crippen LogP contribution in [0.3, 0.4) is 0 Å². The van der Waals surface area contributed by atoms with E-state index < -0.39 is 0 Å². The van der Waals surface area contributed by atoms with Crippen LogP contribution in [0.15, 0.2) is 4.52 Å². The zero-order valence-corrected chi connectivity index (χ0v) is 11.5. The largest absolute Gasteiger partial charge is 0.338 e. The lowest BCUT2D eigenvalue weighted by Gasteiger charge is -2.12. The number of amides is 1. The number of carbonyl (C=O) groups is 1. The summed E-state index contributed by atoms with van der Waals surface area (Å²) >= 11 is 0. The van der Waals surface area contributed by atoms with Gasteiger partial charge in [-0.1, -0.05) is 18.5 Å². The first-order chi connectivity index (χ1) is 8.58. The monoisotopic (exact) mass is 253 g/mol. The molecular formula is C13H23N3O2. The van der Waals surface area contributed by atoms with Crippen molar-refractivity contribution >= 4 is 11.8 Å². The molecule has 1 aromatic heterocycles. The fourth-order valence-corrected chi connectivity index (χ4v) is 1.84. The van der Waals surface area contributed by atoms with Crippen molar-refractivity contribution in [1.29, 1.82) is 0 Å². The van der Waals surface area contributed by atoms with Crippen LogP contribution >= 0.6 is 0 Å². The van der Waals surface area contributed by atoms with E-state index in [1.54, 1.807) is 0 Å². The maximum atomic E-state index is 11.8. The molecule has 5 heteroatoms. The topological polar surface area (TPSA) is 81.2 Å². The third-order valence-electron chi connectivity index (χ3n) is 3.34. The second kappa shape index (κ2) is 7.16. The number of aromatic nitrogens is 1. The van der Waals surface area contributed by atoms with Crippen molar-refractivity contribution in [3.63, 3.8) is 0 Å². The second-order valence-electron chi connectivity index (χ2n) is 4.66. The average Bonchev–Trinajstić information content (AvgIpc) is 2.66. The van der Waals surface area contributed by atoms with Gasteiger partial charge in [-0.2, -0.15) is 0 Å². The van der Waals surface area contributed by atoms with Gasteiger partial charge in [-0.25, -0.2) is 0 Å². The first kappa shape index (κ1) is 14.7. The van der Waals surface area contributed by atoms with E-state index in [9.17, 15) is 4.79 Å². The molecule has 0 bridgehead atoms. The summed E-state index contributed by atoms with van der Waals surface area (Å²) in [6.07, 6.45) is 3.40. The highest BCUT2D eigenvalue weighted by atomic mass is 16.5. The van der Waals surface area contributed by atoms with Crippen LogP contribution in [-0.4, -0.2) is 17.6 Å². The smallest absolute Gasteiger partial charge is 0.234 e. The number of nitrogens with one attached hydrogen (secondary N) is 1. The molecule has 1 atom stereocenters. The number of rotatable bonds is 7. The molecule has 102 valence electrons. The normalized spacial score (nSPS) is 12.4. The van der Waals surface area contributed by atoms with Crippen LogP contribution in [0, 0.1) is 19.8 Å². The van der Waals surface area contributed by atoms with Crippen molar-refractivity contribution in [1.82, 2.24) is 5.16 Å². The minimum atomic E-state index is -0.0234. The van der Waals surface area contributed by atoms with Crippen LogP contribution in [0.25, 0.3) is 0 Å². The first-order valence-electron chi connectivity index (χ1n) is 6.51. The number of nitrogens with two attached hydrogens (primary N) is 1. The van der Waals surface area contributed by atoms with Crippen LogP contribution < -0.4 is 11.1 Å². The minimum absolute atomic E-state index is 0.0234. The van der Waals surface area contributed by atoms with Crippen LogP contribution in [-0.2, 0) is 4.79 Å². The molecule has 1 unspecified atom stereocenters. The Kier molecular flexibility index (Phi) is 5.85. The Morgan fingerprint density at radius 3 is 2.67 bits per heavy atom. The molecule has 1 heterocycles. The van der Waals surface area contributed by atoms with Gasteiger partial charge in [-0.3, -0.25) is 10.1 Å². The Labute approximate surface area is 108 Å². The van der Waals surface area contributed by atoms with Crippen LogP contribution in [0.2, 0.25) is 0 Å². The molecule has 0 aliphatic carbocycles. The van der Waals surface area contributed by atoms with Gasteiger partial charge in [0.1, 0.15) is 0 Å². The van der Waals surface area contributed by atoms with Crippen molar-refractivity contribution in [3.05, 3.63) is 11.3 Å². The summed E-state index contributed by atoms with van der Waals surface area (Å²) in [4.78, 5) is 11.8. The molecule has 0 aliphatic heterocycles. The molecule has 0 aliphatic rings. The molecule has 0 saturated heterocycles. The number of hydrogen-bond acceptors (Lipinski definition) is 4. The SMILES string of the molecule is CCC(CCN)CCC(=O)Nc1onc(C)c1C. The van der Waals surface area contributed by atoms with Crippen molar-refractivity contribution in [2.45, 2.75) is 46.5 Å². The summed E-state index contributed by atoms with van der Waals surface area (Å²) in [5.74, 6) is 0.965. The lowest BCUT2D eigenvalue weighted by Crippen LogP contribution is -2.15. The van der Waals surface area contributed by atoms with Crippen LogP contribution in [0.4, 0.5) is 5.88 Å². The Morgan fingerprint density at radius 2 is 2.17 bits per heavy atom. The maximum Gasteiger partial charge on any atom is 0.234 e. The summed E-state index contributed by atoms with van der Waals surface area (Å²) in [5, 5.41) is 6.56. The molecule has 1 rings (SSSR count). The maximum absolute atomic E-state index is 11.8. The van der Waals surface area contributed by atoms with E-state index >= 15 is 0 Å². The number of carbonyl (C=O) groups excluding carboxylic acids is 1. The predicted molar refractivity (Wildman–Crippen MR) is 71.3 cm³/mol. The fourth-order valence-electron chi connectivity index (χ4n) is 1.84. The van der Waals surface area contributed by atoms with E-state index in [0.717, 1.165) is 30.5 Å². The van der Waals surface area contributed by atoms with Gasteiger partial charge in [0.2, 0.25) is 11.8 Å². The Morgan fingerprint density at radius 1 is 1.44 bits per heavy atom. The quantitative estimate of drug-likeness (QED) is 0.781. The van der Waals surface area contributed by atoms with Gasteiger partial charge in [0.25, 0.3) is 0 Å². The van der Waals surface area contributed by atoms with Crippen molar-refractivity contribution in [2.75, 3.05) is 11.9 Å². The Bertz CT molecular complexity index is 388. The zero-order valence-electron chi connectivity index (χ0n) is 11.5. The molecule has 0 saturated carbocycles. The third kappa shape index (κ3) is 4.14. The van der Waals surface area contributed by atoms with E-state index in [-0.39, 0.29) is 5.91 Å². The number of hydrogen-bond donors (Lipinski definition) is 2. The van der Waals surface area contributed by atoms with Crippen molar-refractivity contribution < 1.29 is 9.32 Å². The number of nitrogens with zero attached hydrogens (tertiary/aromatic N) is 1. The lowest BCUT2D eigenvalue weighted by atomic mass is 9.96. The molecular weight excluding hydrogens is 230 g/mol. The molecule has 1 aromatic rings. The molecule has 0 fully saturated rings. The molecule has 0 radical (unpaired) electrons. The average molecular weight is 253 g/mol. The van der Waals surface area contributed by atoms with E-state index in [0.29, 0.717) is 24.8 Å².